The van der Waals surface area contributed by atoms with Crippen molar-refractivity contribution in [1.82, 2.24) is 0 Å². The van der Waals surface area contributed by atoms with Gasteiger partial charge in [0, 0.05) is 11.1 Å². The largest absolute Gasteiger partial charge is 0.319 e. The van der Waals surface area contributed by atoms with Crippen molar-refractivity contribution in [3.05, 3.63) is 33.3 Å². The number of nitrogens with zero attached hydrogens (tertiary/aromatic N) is 2. The summed E-state index contributed by atoms with van der Waals surface area (Å²) in [5.74, 6) is -1.65. The topological polar surface area (TPSA) is 96.0 Å². The van der Waals surface area contributed by atoms with E-state index in [1.807, 2.05) is 6.07 Å². The van der Waals surface area contributed by atoms with E-state index in [2.05, 4.69) is 5.32 Å². The van der Waals surface area contributed by atoms with Crippen LogP contribution in [0.4, 0.5) is 11.4 Å². The van der Waals surface area contributed by atoms with Crippen molar-refractivity contribution in [1.29, 1.82) is 5.26 Å². The van der Waals surface area contributed by atoms with E-state index in [1.54, 1.807) is 13.8 Å². The summed E-state index contributed by atoms with van der Waals surface area (Å²) in [5, 5.41) is 22.4. The predicted octanol–water partition coefficient (Wildman–Crippen LogP) is 2.98. The van der Waals surface area contributed by atoms with E-state index in [4.69, 9.17) is 16.9 Å². The molecule has 0 saturated carbocycles. The van der Waals surface area contributed by atoms with Gasteiger partial charge in [0.25, 0.3) is 5.69 Å². The molecule has 0 spiro atoms. The SMILES string of the molecule is CC(C)C(C#N)C(=O)Nc1cc(Cl)ccc1[N+](=O)[O-]. The minimum Gasteiger partial charge on any atom is -0.319 e. The lowest BCUT2D eigenvalue weighted by Gasteiger charge is -2.13. The molecule has 7 heteroatoms. The maximum atomic E-state index is 11.9. The molecule has 6 nitrogen and oxygen atoms in total. The van der Waals surface area contributed by atoms with Gasteiger partial charge in [-0.05, 0) is 18.1 Å². The molecule has 100 valence electrons. The molecule has 19 heavy (non-hydrogen) atoms. The number of amides is 1. The second kappa shape index (κ2) is 6.16. The van der Waals surface area contributed by atoms with Crippen LogP contribution in [0, 0.1) is 33.3 Å². The van der Waals surface area contributed by atoms with Crippen LogP contribution < -0.4 is 5.32 Å². The molecule has 1 aromatic carbocycles. The summed E-state index contributed by atoms with van der Waals surface area (Å²) < 4.78 is 0. The highest BCUT2D eigenvalue weighted by Crippen LogP contribution is 2.28. The van der Waals surface area contributed by atoms with Gasteiger partial charge in [0.05, 0.1) is 11.0 Å². The van der Waals surface area contributed by atoms with E-state index in [-0.39, 0.29) is 22.3 Å². The molecule has 1 amide bonds. The first-order valence-corrected chi connectivity index (χ1v) is 5.89. The summed E-state index contributed by atoms with van der Waals surface area (Å²) in [6, 6.07) is 5.72. The first kappa shape index (κ1) is 14.9. The van der Waals surface area contributed by atoms with Crippen LogP contribution in [0.15, 0.2) is 18.2 Å². The average Bonchev–Trinajstić information content (AvgIpc) is 2.28. The Morgan fingerprint density at radius 2 is 2.16 bits per heavy atom. The van der Waals surface area contributed by atoms with Gasteiger partial charge in [0.1, 0.15) is 11.6 Å². The van der Waals surface area contributed by atoms with Gasteiger partial charge in [-0.1, -0.05) is 25.4 Å². The maximum Gasteiger partial charge on any atom is 0.292 e. The Bertz CT molecular complexity index is 552. The normalized spacial score (nSPS) is 11.7. The highest BCUT2D eigenvalue weighted by molar-refractivity contribution is 6.31. The van der Waals surface area contributed by atoms with E-state index >= 15 is 0 Å². The zero-order valence-corrected chi connectivity index (χ0v) is 11.1. The summed E-state index contributed by atoms with van der Waals surface area (Å²) in [4.78, 5) is 22.1. The Labute approximate surface area is 115 Å². The summed E-state index contributed by atoms with van der Waals surface area (Å²) in [6.07, 6.45) is 0. The van der Waals surface area contributed by atoms with Gasteiger partial charge < -0.3 is 5.32 Å². The minimum absolute atomic E-state index is 0.0107. The smallest absolute Gasteiger partial charge is 0.292 e. The first-order valence-electron chi connectivity index (χ1n) is 5.51. The van der Waals surface area contributed by atoms with E-state index in [0.29, 0.717) is 0 Å². The summed E-state index contributed by atoms with van der Waals surface area (Å²) in [5.41, 5.74) is -0.276. The average molecular weight is 282 g/mol. The van der Waals surface area contributed by atoms with Crippen LogP contribution in [0.1, 0.15) is 13.8 Å². The molecule has 0 saturated heterocycles. The Morgan fingerprint density at radius 3 is 2.63 bits per heavy atom. The van der Waals surface area contributed by atoms with Crippen molar-refractivity contribution in [2.75, 3.05) is 5.32 Å². The third kappa shape index (κ3) is 3.66. The number of rotatable bonds is 4. The third-order valence-electron chi connectivity index (χ3n) is 2.50. The van der Waals surface area contributed by atoms with Crippen molar-refractivity contribution in [2.24, 2.45) is 11.8 Å². The molecule has 1 aromatic rings. The quantitative estimate of drug-likeness (QED) is 0.678. The number of halogens is 1. The summed E-state index contributed by atoms with van der Waals surface area (Å²) in [7, 11) is 0. The Kier molecular flexibility index (Phi) is 4.84. The van der Waals surface area contributed by atoms with E-state index < -0.39 is 16.7 Å². The molecule has 0 aliphatic heterocycles. The number of nitriles is 1. The lowest BCUT2D eigenvalue weighted by Crippen LogP contribution is -2.26. The summed E-state index contributed by atoms with van der Waals surface area (Å²) in [6.45, 7) is 3.44. The lowest BCUT2D eigenvalue weighted by molar-refractivity contribution is -0.383. The molecule has 0 fully saturated rings. The zero-order valence-electron chi connectivity index (χ0n) is 10.4. The van der Waals surface area contributed by atoms with Gasteiger partial charge in [-0.2, -0.15) is 5.26 Å². The molecular formula is C12H12ClN3O3. The minimum atomic E-state index is -0.876. The number of hydrogen-bond donors (Lipinski definition) is 1. The lowest BCUT2D eigenvalue weighted by atomic mass is 9.96. The van der Waals surface area contributed by atoms with Crippen molar-refractivity contribution in [3.63, 3.8) is 0 Å². The van der Waals surface area contributed by atoms with Gasteiger partial charge in [-0.15, -0.1) is 0 Å². The molecule has 0 aliphatic rings. The van der Waals surface area contributed by atoms with Crippen LogP contribution in [0.3, 0.4) is 0 Å². The summed E-state index contributed by atoms with van der Waals surface area (Å²) >= 11 is 5.74. The standard InChI is InChI=1S/C12H12ClN3O3/c1-7(2)9(6-14)12(17)15-10-5-8(13)3-4-11(10)16(18)19/h3-5,7,9H,1-2H3,(H,15,17). The Morgan fingerprint density at radius 1 is 1.53 bits per heavy atom. The second-order valence-electron chi connectivity index (χ2n) is 4.26. The highest BCUT2D eigenvalue weighted by atomic mass is 35.5. The van der Waals surface area contributed by atoms with Crippen LogP contribution in [0.25, 0.3) is 0 Å². The number of carbonyl (C=O) groups excluding carboxylic acids is 1. The Balaban J connectivity index is 3.06. The molecule has 0 heterocycles. The molecular weight excluding hydrogens is 270 g/mol. The van der Waals surface area contributed by atoms with E-state index in [9.17, 15) is 14.9 Å². The van der Waals surface area contributed by atoms with Gasteiger partial charge in [0.15, 0.2) is 0 Å². The van der Waals surface area contributed by atoms with Crippen molar-refractivity contribution in [2.45, 2.75) is 13.8 Å². The van der Waals surface area contributed by atoms with Crippen LogP contribution in [0.2, 0.25) is 5.02 Å². The van der Waals surface area contributed by atoms with Crippen molar-refractivity contribution < 1.29 is 9.72 Å². The number of nitro benzene ring substituents is 1. The first-order chi connectivity index (χ1) is 8.86. The number of nitro groups is 1. The van der Waals surface area contributed by atoms with E-state index in [0.717, 1.165) is 0 Å². The number of benzene rings is 1. The van der Waals surface area contributed by atoms with Gasteiger partial charge >= 0.3 is 0 Å². The fraction of sp³-hybridized carbons (Fsp3) is 0.333. The van der Waals surface area contributed by atoms with Crippen LogP contribution in [-0.2, 0) is 4.79 Å². The van der Waals surface area contributed by atoms with Crippen molar-refractivity contribution >= 4 is 28.9 Å². The fourth-order valence-corrected chi connectivity index (χ4v) is 1.66. The maximum absolute atomic E-state index is 11.9. The van der Waals surface area contributed by atoms with Crippen LogP contribution in [0.5, 0.6) is 0 Å². The third-order valence-corrected chi connectivity index (χ3v) is 2.74. The number of carbonyl (C=O) groups is 1. The van der Waals surface area contributed by atoms with E-state index in [1.165, 1.54) is 18.2 Å². The fourth-order valence-electron chi connectivity index (χ4n) is 1.49. The molecule has 0 bridgehead atoms. The monoisotopic (exact) mass is 281 g/mol. The number of hydrogen-bond acceptors (Lipinski definition) is 4. The van der Waals surface area contributed by atoms with Crippen LogP contribution >= 0.6 is 11.6 Å². The van der Waals surface area contributed by atoms with Crippen LogP contribution in [-0.4, -0.2) is 10.8 Å². The second-order valence-corrected chi connectivity index (χ2v) is 4.70. The molecule has 1 atom stereocenters. The predicted molar refractivity (Wildman–Crippen MR) is 70.7 cm³/mol. The molecule has 1 rings (SSSR count). The molecule has 0 aliphatic carbocycles. The van der Waals surface area contributed by atoms with Crippen molar-refractivity contribution in [3.8, 4) is 6.07 Å². The molecule has 1 N–H and O–H groups in total. The molecule has 0 aromatic heterocycles. The zero-order chi connectivity index (χ0) is 14.6. The molecule has 1 unspecified atom stereocenters. The van der Waals surface area contributed by atoms with Gasteiger partial charge in [-0.3, -0.25) is 14.9 Å². The number of anilines is 1. The highest BCUT2D eigenvalue weighted by Gasteiger charge is 2.24. The Hall–Kier alpha value is -2.13. The number of nitrogens with one attached hydrogen (secondary N) is 1. The van der Waals surface area contributed by atoms with Gasteiger partial charge in [0.2, 0.25) is 5.91 Å². The van der Waals surface area contributed by atoms with Gasteiger partial charge in [-0.25, -0.2) is 0 Å². The molecule has 0 radical (unpaired) electrons.